The minimum absolute atomic E-state index is 0.138. The lowest BCUT2D eigenvalue weighted by atomic mass is 10.1. The third-order valence-corrected chi connectivity index (χ3v) is 6.29. The molecule has 0 saturated carbocycles. The van der Waals surface area contributed by atoms with E-state index in [-0.39, 0.29) is 17.3 Å². The third kappa shape index (κ3) is 5.17. The van der Waals surface area contributed by atoms with Gasteiger partial charge in [-0.15, -0.1) is 0 Å². The van der Waals surface area contributed by atoms with Crippen molar-refractivity contribution in [3.8, 4) is 17.2 Å². The molecule has 0 aliphatic heterocycles. The number of nitrogen functional groups attached to an aromatic ring is 1. The van der Waals surface area contributed by atoms with Gasteiger partial charge in [-0.3, -0.25) is 4.79 Å². The van der Waals surface area contributed by atoms with Crippen molar-refractivity contribution in [2.75, 3.05) is 33.6 Å². The van der Waals surface area contributed by atoms with Crippen LogP contribution in [0.15, 0.2) is 71.8 Å². The van der Waals surface area contributed by atoms with Gasteiger partial charge in [-0.2, -0.15) is 9.78 Å². The lowest BCUT2D eigenvalue weighted by Crippen LogP contribution is -2.26. The topological polar surface area (TPSA) is 126 Å². The van der Waals surface area contributed by atoms with Crippen LogP contribution in [0.3, 0.4) is 0 Å². The number of carbonyl (C=O) groups is 1. The van der Waals surface area contributed by atoms with E-state index in [9.17, 15) is 4.79 Å². The normalized spacial score (nSPS) is 11.3. The van der Waals surface area contributed by atoms with E-state index in [0.717, 1.165) is 16.9 Å². The van der Waals surface area contributed by atoms with E-state index in [1.165, 1.54) is 4.68 Å². The van der Waals surface area contributed by atoms with Crippen molar-refractivity contribution in [3.05, 3.63) is 83.4 Å². The molecule has 0 aliphatic rings. The number of nitrogens with zero attached hydrogens (tertiary/aromatic N) is 4. The first-order valence-electron chi connectivity index (χ1n) is 12.3. The minimum Gasteiger partial charge on any atom is -0.497 e. The minimum atomic E-state index is -0.351. The van der Waals surface area contributed by atoms with Crippen molar-refractivity contribution in [2.24, 2.45) is 5.10 Å². The standard InChI is InChI=1S/C29H28N6O4/c1-37-20-11-8-18(9-12-20)14-15-31-29(36)25-26-28(34-22-7-5-4-6-21(22)33-26)35(27(25)30)32-17-19-10-13-23(38-2)24(16-19)39-3/h4-13,16-17H,14-15,30H2,1-3H3,(H,31,36)/b32-17+. The largest absolute Gasteiger partial charge is 0.497 e. The average Bonchev–Trinajstić information content (AvgIpc) is 3.24. The van der Waals surface area contributed by atoms with Gasteiger partial charge in [0.25, 0.3) is 5.91 Å². The first kappa shape index (κ1) is 25.5. The zero-order valence-corrected chi connectivity index (χ0v) is 21.8. The second kappa shape index (κ2) is 11.1. The van der Waals surface area contributed by atoms with E-state index in [0.29, 0.717) is 46.7 Å². The number of hydrogen-bond donors (Lipinski definition) is 2. The number of para-hydroxylation sites is 2. The summed E-state index contributed by atoms with van der Waals surface area (Å²) in [5.41, 5.74) is 10.6. The summed E-state index contributed by atoms with van der Waals surface area (Å²) in [6, 6.07) is 20.5. The number of rotatable bonds is 9. The van der Waals surface area contributed by atoms with Crippen LogP contribution in [0.5, 0.6) is 17.2 Å². The Bertz CT molecular complexity index is 1680. The summed E-state index contributed by atoms with van der Waals surface area (Å²) in [5.74, 6) is 1.73. The second-order valence-corrected chi connectivity index (χ2v) is 8.67. The number of fused-ring (bicyclic) bond motifs is 2. The Labute approximate surface area is 225 Å². The highest BCUT2D eigenvalue weighted by Crippen LogP contribution is 2.29. The van der Waals surface area contributed by atoms with Crippen molar-refractivity contribution >= 4 is 40.1 Å². The van der Waals surface area contributed by atoms with E-state index in [4.69, 9.17) is 29.9 Å². The first-order chi connectivity index (χ1) is 19.0. The number of benzene rings is 3. The Morgan fingerprint density at radius 1 is 0.949 bits per heavy atom. The number of nitrogens with one attached hydrogen (secondary N) is 1. The molecular formula is C29H28N6O4. The Morgan fingerprint density at radius 3 is 2.36 bits per heavy atom. The maximum atomic E-state index is 13.4. The molecule has 3 aromatic carbocycles. The van der Waals surface area contributed by atoms with Gasteiger partial charge in [-0.25, -0.2) is 9.97 Å². The molecule has 3 N–H and O–H groups in total. The van der Waals surface area contributed by atoms with Gasteiger partial charge in [0, 0.05) is 6.54 Å². The summed E-state index contributed by atoms with van der Waals surface area (Å²) >= 11 is 0. The maximum Gasteiger partial charge on any atom is 0.257 e. The van der Waals surface area contributed by atoms with Gasteiger partial charge in [0.05, 0.1) is 38.6 Å². The highest BCUT2D eigenvalue weighted by Gasteiger charge is 2.24. The number of hydrogen-bond acceptors (Lipinski definition) is 8. The number of ether oxygens (including phenoxy) is 3. The fraction of sp³-hybridized carbons (Fsp3) is 0.172. The molecule has 198 valence electrons. The number of nitrogens with two attached hydrogens (primary N) is 1. The molecule has 39 heavy (non-hydrogen) atoms. The quantitative estimate of drug-likeness (QED) is 0.279. The van der Waals surface area contributed by atoms with Crippen molar-refractivity contribution in [1.82, 2.24) is 20.0 Å². The highest BCUT2D eigenvalue weighted by atomic mass is 16.5. The predicted molar refractivity (Wildman–Crippen MR) is 151 cm³/mol. The van der Waals surface area contributed by atoms with Crippen molar-refractivity contribution in [3.63, 3.8) is 0 Å². The fourth-order valence-corrected chi connectivity index (χ4v) is 4.25. The third-order valence-electron chi connectivity index (χ3n) is 6.29. The molecule has 5 rings (SSSR count). The number of amides is 1. The zero-order valence-electron chi connectivity index (χ0n) is 21.8. The van der Waals surface area contributed by atoms with Crippen LogP contribution in [-0.4, -0.2) is 54.6 Å². The van der Waals surface area contributed by atoms with E-state index in [2.05, 4.69) is 10.4 Å². The van der Waals surface area contributed by atoms with Crippen LogP contribution in [0.4, 0.5) is 5.82 Å². The molecule has 10 heteroatoms. The Hall–Kier alpha value is -5.12. The van der Waals surface area contributed by atoms with Crippen molar-refractivity contribution < 1.29 is 19.0 Å². The molecule has 10 nitrogen and oxygen atoms in total. The first-order valence-corrected chi connectivity index (χ1v) is 12.3. The Morgan fingerprint density at radius 2 is 1.67 bits per heavy atom. The summed E-state index contributed by atoms with van der Waals surface area (Å²) in [7, 11) is 4.77. The molecule has 0 atom stereocenters. The van der Waals surface area contributed by atoms with Crippen molar-refractivity contribution in [1.29, 1.82) is 0 Å². The van der Waals surface area contributed by atoms with E-state index >= 15 is 0 Å². The van der Waals surface area contributed by atoms with Gasteiger partial charge < -0.3 is 25.3 Å². The predicted octanol–water partition coefficient (Wildman–Crippen LogP) is 4.05. The molecule has 0 unspecified atom stereocenters. The Kier molecular flexibility index (Phi) is 7.26. The summed E-state index contributed by atoms with van der Waals surface area (Å²) in [5, 5.41) is 7.52. The molecule has 5 aromatic rings. The van der Waals surface area contributed by atoms with Crippen LogP contribution in [0.2, 0.25) is 0 Å². The molecule has 0 radical (unpaired) electrons. The summed E-state index contributed by atoms with van der Waals surface area (Å²) in [4.78, 5) is 22.8. The molecule has 2 aromatic heterocycles. The van der Waals surface area contributed by atoms with E-state index in [1.54, 1.807) is 39.7 Å². The van der Waals surface area contributed by atoms with Crippen LogP contribution in [0.1, 0.15) is 21.5 Å². The summed E-state index contributed by atoms with van der Waals surface area (Å²) < 4.78 is 17.3. The highest BCUT2D eigenvalue weighted by molar-refractivity contribution is 6.10. The molecule has 1 amide bonds. The SMILES string of the molecule is COc1ccc(CCNC(=O)c2c(N)n(/N=C/c3ccc(OC)c(OC)c3)c3nc4ccccc4nc23)cc1. The lowest BCUT2D eigenvalue weighted by Gasteiger charge is -2.07. The number of anilines is 1. The number of carbonyl (C=O) groups excluding carboxylic acids is 1. The molecule has 0 bridgehead atoms. The van der Waals surface area contributed by atoms with Crippen LogP contribution in [0, 0.1) is 0 Å². The van der Waals surface area contributed by atoms with E-state index < -0.39 is 0 Å². The molecule has 0 saturated heterocycles. The molecular weight excluding hydrogens is 496 g/mol. The second-order valence-electron chi connectivity index (χ2n) is 8.67. The Balaban J connectivity index is 1.49. The summed E-state index contributed by atoms with van der Waals surface area (Å²) in [6.45, 7) is 0.410. The van der Waals surface area contributed by atoms with E-state index in [1.807, 2.05) is 54.6 Å². The van der Waals surface area contributed by atoms with Crippen LogP contribution in [0.25, 0.3) is 22.2 Å². The van der Waals surface area contributed by atoms with Gasteiger partial charge in [-0.1, -0.05) is 24.3 Å². The van der Waals surface area contributed by atoms with Crippen LogP contribution in [-0.2, 0) is 6.42 Å². The number of methoxy groups -OCH3 is 3. The summed E-state index contributed by atoms with van der Waals surface area (Å²) in [6.07, 6.45) is 2.25. The van der Waals surface area contributed by atoms with Gasteiger partial charge >= 0.3 is 0 Å². The van der Waals surface area contributed by atoms with Gasteiger partial charge in [0.15, 0.2) is 17.1 Å². The van der Waals surface area contributed by atoms with Crippen LogP contribution < -0.4 is 25.3 Å². The average molecular weight is 525 g/mol. The molecule has 2 heterocycles. The fourth-order valence-electron chi connectivity index (χ4n) is 4.25. The van der Waals surface area contributed by atoms with Crippen molar-refractivity contribution in [2.45, 2.75) is 6.42 Å². The van der Waals surface area contributed by atoms with Gasteiger partial charge in [0.2, 0.25) is 0 Å². The molecule has 0 spiro atoms. The smallest absolute Gasteiger partial charge is 0.257 e. The van der Waals surface area contributed by atoms with Crippen LogP contribution >= 0.6 is 0 Å². The monoisotopic (exact) mass is 524 g/mol. The number of aromatic nitrogens is 3. The molecule has 0 fully saturated rings. The van der Waals surface area contributed by atoms with Gasteiger partial charge in [0.1, 0.15) is 22.6 Å². The lowest BCUT2D eigenvalue weighted by molar-refractivity contribution is 0.0956. The molecule has 0 aliphatic carbocycles. The zero-order chi connectivity index (χ0) is 27.4. The maximum absolute atomic E-state index is 13.4. The van der Waals surface area contributed by atoms with Gasteiger partial charge in [-0.05, 0) is 60.0 Å².